The number of aliphatic carboxylic acids is 1. The second kappa shape index (κ2) is 5.97. The molecule has 0 radical (unpaired) electrons. The minimum absolute atomic E-state index is 0.0182. The summed E-state index contributed by atoms with van der Waals surface area (Å²) in [5.74, 6) is -2.84. The van der Waals surface area contributed by atoms with Crippen LogP contribution in [0.4, 0.5) is 13.2 Å². The van der Waals surface area contributed by atoms with Gasteiger partial charge in [0, 0.05) is 13.0 Å². The lowest BCUT2D eigenvalue weighted by molar-refractivity contribution is -0.150. The van der Waals surface area contributed by atoms with Crippen molar-refractivity contribution in [2.75, 3.05) is 5.75 Å². The Morgan fingerprint density at radius 2 is 1.90 bits per heavy atom. The number of benzene rings is 1. The van der Waals surface area contributed by atoms with E-state index in [0.717, 1.165) is 16.0 Å². The summed E-state index contributed by atoms with van der Waals surface area (Å²) < 4.78 is 36.5. The number of carboxylic acid groups (broad SMARTS) is 1. The number of rotatable bonds is 3. The molecule has 0 aliphatic carbocycles. The molecule has 1 heterocycles. The molecule has 114 valence electrons. The van der Waals surface area contributed by atoms with Crippen molar-refractivity contribution in [1.82, 2.24) is 4.90 Å². The average Bonchev–Trinajstić information content (AvgIpc) is 2.42. The van der Waals surface area contributed by atoms with Crippen LogP contribution in [-0.2, 0) is 22.6 Å². The molecule has 1 unspecified atom stereocenters. The number of thioether (sulfide) groups is 1. The number of hydrogen-bond donors (Lipinski definition) is 1. The van der Waals surface area contributed by atoms with Crippen LogP contribution >= 0.6 is 11.8 Å². The van der Waals surface area contributed by atoms with Gasteiger partial charge in [0.1, 0.15) is 6.04 Å². The van der Waals surface area contributed by atoms with E-state index in [1.165, 1.54) is 0 Å². The molecule has 1 amide bonds. The van der Waals surface area contributed by atoms with Gasteiger partial charge in [0.25, 0.3) is 0 Å². The molecule has 0 saturated heterocycles. The molecule has 1 aliphatic heterocycles. The van der Waals surface area contributed by atoms with E-state index in [4.69, 9.17) is 0 Å². The van der Waals surface area contributed by atoms with Crippen molar-refractivity contribution < 1.29 is 27.9 Å². The maximum absolute atomic E-state index is 12.2. The third-order valence-electron chi connectivity index (χ3n) is 3.21. The molecule has 1 atom stereocenters. The zero-order valence-corrected chi connectivity index (χ0v) is 11.6. The third-order valence-corrected chi connectivity index (χ3v) is 3.93. The Labute approximate surface area is 122 Å². The highest BCUT2D eigenvalue weighted by atomic mass is 32.2. The highest BCUT2D eigenvalue weighted by Gasteiger charge is 2.36. The van der Waals surface area contributed by atoms with Crippen LogP contribution in [0.2, 0.25) is 0 Å². The standard InChI is InChI=1S/C13H12F3NO3S/c14-13(15,16)21-7-11(18)17-6-9-4-2-1-3-8(9)5-10(17)12(19)20/h1-4,10H,5-7H2,(H,19,20). The van der Waals surface area contributed by atoms with Crippen molar-refractivity contribution in [1.29, 1.82) is 0 Å². The van der Waals surface area contributed by atoms with Gasteiger partial charge in [-0.2, -0.15) is 13.2 Å². The fourth-order valence-corrected chi connectivity index (χ4v) is 2.69. The van der Waals surface area contributed by atoms with Crippen molar-refractivity contribution in [3.8, 4) is 0 Å². The lowest BCUT2D eigenvalue weighted by Crippen LogP contribution is -2.49. The Morgan fingerprint density at radius 3 is 2.48 bits per heavy atom. The lowest BCUT2D eigenvalue weighted by Gasteiger charge is -2.34. The van der Waals surface area contributed by atoms with Gasteiger partial charge in [-0.1, -0.05) is 24.3 Å². The Morgan fingerprint density at radius 1 is 1.29 bits per heavy atom. The summed E-state index contributed by atoms with van der Waals surface area (Å²) in [5, 5.41) is 9.19. The number of carbonyl (C=O) groups is 2. The Bertz CT molecular complexity index is 562. The van der Waals surface area contributed by atoms with Crippen molar-refractivity contribution in [3.63, 3.8) is 0 Å². The Kier molecular flexibility index (Phi) is 4.46. The predicted octanol–water partition coefficient (Wildman–Crippen LogP) is 2.28. The van der Waals surface area contributed by atoms with E-state index in [1.807, 2.05) is 0 Å². The minimum atomic E-state index is -4.51. The van der Waals surface area contributed by atoms with E-state index in [2.05, 4.69) is 0 Å². The lowest BCUT2D eigenvalue weighted by atomic mass is 9.94. The molecule has 0 bridgehead atoms. The van der Waals surface area contributed by atoms with Gasteiger partial charge >= 0.3 is 11.5 Å². The van der Waals surface area contributed by atoms with Crippen LogP contribution in [0.1, 0.15) is 11.1 Å². The van der Waals surface area contributed by atoms with E-state index < -0.39 is 40.9 Å². The van der Waals surface area contributed by atoms with Crippen molar-refractivity contribution in [3.05, 3.63) is 35.4 Å². The first-order valence-electron chi connectivity index (χ1n) is 6.07. The summed E-state index contributed by atoms with van der Waals surface area (Å²) in [5.41, 5.74) is -2.94. The molecular weight excluding hydrogens is 307 g/mol. The van der Waals surface area contributed by atoms with Crippen LogP contribution in [0.3, 0.4) is 0 Å². The zero-order valence-electron chi connectivity index (χ0n) is 10.8. The fraction of sp³-hybridized carbons (Fsp3) is 0.385. The molecule has 0 aromatic heterocycles. The first-order chi connectivity index (χ1) is 9.78. The number of carboxylic acids is 1. The second-order valence-electron chi connectivity index (χ2n) is 4.58. The fourth-order valence-electron chi connectivity index (χ4n) is 2.23. The number of nitrogens with zero attached hydrogens (tertiary/aromatic N) is 1. The van der Waals surface area contributed by atoms with E-state index in [9.17, 15) is 27.9 Å². The number of amides is 1. The van der Waals surface area contributed by atoms with Crippen molar-refractivity contribution in [2.45, 2.75) is 24.5 Å². The van der Waals surface area contributed by atoms with Crippen LogP contribution < -0.4 is 0 Å². The first-order valence-corrected chi connectivity index (χ1v) is 7.06. The number of hydrogen-bond acceptors (Lipinski definition) is 3. The highest BCUT2D eigenvalue weighted by molar-refractivity contribution is 8.00. The van der Waals surface area contributed by atoms with Crippen molar-refractivity contribution in [2.24, 2.45) is 0 Å². The Hall–Kier alpha value is -1.70. The van der Waals surface area contributed by atoms with Crippen LogP contribution in [0, 0.1) is 0 Å². The van der Waals surface area contributed by atoms with E-state index in [-0.39, 0.29) is 13.0 Å². The Balaban J connectivity index is 2.17. The van der Waals surface area contributed by atoms with E-state index in [0.29, 0.717) is 0 Å². The van der Waals surface area contributed by atoms with E-state index in [1.54, 1.807) is 24.3 Å². The molecule has 0 spiro atoms. The van der Waals surface area contributed by atoms with Gasteiger partial charge in [0.2, 0.25) is 5.91 Å². The highest BCUT2D eigenvalue weighted by Crippen LogP contribution is 2.31. The largest absolute Gasteiger partial charge is 0.480 e. The molecule has 21 heavy (non-hydrogen) atoms. The quantitative estimate of drug-likeness (QED) is 0.928. The van der Waals surface area contributed by atoms with Crippen LogP contribution in [0.5, 0.6) is 0 Å². The van der Waals surface area contributed by atoms with Gasteiger partial charge in [0.05, 0.1) is 5.75 Å². The molecule has 8 heteroatoms. The average molecular weight is 319 g/mol. The maximum Gasteiger partial charge on any atom is 0.442 e. The van der Waals surface area contributed by atoms with Gasteiger partial charge in [-0.05, 0) is 22.9 Å². The molecule has 1 aromatic carbocycles. The topological polar surface area (TPSA) is 57.6 Å². The maximum atomic E-state index is 12.2. The summed E-state index contributed by atoms with van der Waals surface area (Å²) >= 11 is -0.454. The van der Waals surface area contributed by atoms with Crippen LogP contribution in [0.25, 0.3) is 0 Å². The van der Waals surface area contributed by atoms with Gasteiger partial charge < -0.3 is 10.0 Å². The monoisotopic (exact) mass is 319 g/mol. The van der Waals surface area contributed by atoms with Gasteiger partial charge in [-0.3, -0.25) is 4.79 Å². The summed E-state index contributed by atoms with van der Waals surface area (Å²) in [4.78, 5) is 24.2. The molecule has 1 aromatic rings. The summed E-state index contributed by atoms with van der Waals surface area (Å²) in [6, 6.07) is 5.88. The normalized spacial score (nSPS) is 18.2. The molecule has 0 fully saturated rings. The first kappa shape index (κ1) is 15.7. The summed E-state index contributed by atoms with van der Waals surface area (Å²) in [7, 11) is 0. The second-order valence-corrected chi connectivity index (χ2v) is 5.62. The molecule has 4 nitrogen and oxygen atoms in total. The summed E-state index contributed by atoms with van der Waals surface area (Å²) in [6.07, 6.45) is 0.105. The molecule has 1 N–H and O–H groups in total. The smallest absolute Gasteiger partial charge is 0.442 e. The molecule has 2 rings (SSSR count). The molecule has 0 saturated carbocycles. The van der Waals surface area contributed by atoms with Crippen LogP contribution in [-0.4, -0.2) is 39.2 Å². The zero-order chi connectivity index (χ0) is 15.6. The van der Waals surface area contributed by atoms with Gasteiger partial charge in [-0.15, -0.1) is 0 Å². The molecular formula is C13H12F3NO3S. The number of halogens is 3. The molecule has 1 aliphatic rings. The third kappa shape index (κ3) is 3.90. The summed E-state index contributed by atoms with van der Waals surface area (Å²) in [6.45, 7) is 0.0182. The predicted molar refractivity (Wildman–Crippen MR) is 70.6 cm³/mol. The van der Waals surface area contributed by atoms with Crippen molar-refractivity contribution >= 4 is 23.6 Å². The minimum Gasteiger partial charge on any atom is -0.480 e. The van der Waals surface area contributed by atoms with Gasteiger partial charge in [-0.25, -0.2) is 4.79 Å². The number of fused-ring (bicyclic) bond motifs is 1. The number of carbonyl (C=O) groups excluding carboxylic acids is 1. The number of alkyl halides is 3. The SMILES string of the molecule is O=C(O)C1Cc2ccccc2CN1C(=O)CSC(F)(F)F. The van der Waals surface area contributed by atoms with E-state index >= 15 is 0 Å². The van der Waals surface area contributed by atoms with Gasteiger partial charge in [0.15, 0.2) is 0 Å². The van der Waals surface area contributed by atoms with Crippen LogP contribution in [0.15, 0.2) is 24.3 Å².